The van der Waals surface area contributed by atoms with Gasteiger partial charge in [-0.2, -0.15) is 5.10 Å². The molecular weight excluding hydrogens is 322 g/mol. The molecule has 3 rings (SSSR count). The summed E-state index contributed by atoms with van der Waals surface area (Å²) in [6.07, 6.45) is 6.25. The second-order valence-corrected chi connectivity index (χ2v) is 5.83. The summed E-state index contributed by atoms with van der Waals surface area (Å²) in [7, 11) is 0. The van der Waals surface area contributed by atoms with Crippen molar-refractivity contribution in [3.8, 4) is 5.82 Å². The molecule has 1 N–H and O–H groups in total. The Kier molecular flexibility index (Phi) is 5.27. The van der Waals surface area contributed by atoms with E-state index >= 15 is 0 Å². The molecule has 1 aliphatic rings. The van der Waals surface area contributed by atoms with E-state index in [2.05, 4.69) is 15.4 Å². The zero-order valence-electron chi connectivity index (χ0n) is 14.1. The standard InChI is InChI=1S/C17H21N5O3/c1-2-25-17(24)21-9-3-5-13(12-21)16(23)20-14-6-7-15(18-11-14)22-10-4-8-19-22/h4,6-8,10-11,13H,2-3,5,9,12H2,1H3,(H,20,23). The van der Waals surface area contributed by atoms with Crippen LogP contribution in [0.3, 0.4) is 0 Å². The van der Waals surface area contributed by atoms with Crippen molar-refractivity contribution in [3.63, 3.8) is 0 Å². The van der Waals surface area contributed by atoms with Crippen molar-refractivity contribution in [3.05, 3.63) is 36.8 Å². The van der Waals surface area contributed by atoms with Gasteiger partial charge >= 0.3 is 6.09 Å². The van der Waals surface area contributed by atoms with Crippen LogP contribution in [0.15, 0.2) is 36.8 Å². The lowest BCUT2D eigenvalue weighted by atomic mass is 9.97. The van der Waals surface area contributed by atoms with E-state index in [-0.39, 0.29) is 17.9 Å². The summed E-state index contributed by atoms with van der Waals surface area (Å²) >= 11 is 0. The zero-order valence-corrected chi connectivity index (χ0v) is 14.1. The smallest absolute Gasteiger partial charge is 0.409 e. The molecule has 1 unspecified atom stereocenters. The van der Waals surface area contributed by atoms with Crippen LogP contribution in [0.1, 0.15) is 19.8 Å². The van der Waals surface area contributed by atoms with Crippen LogP contribution in [-0.4, -0.2) is 51.4 Å². The van der Waals surface area contributed by atoms with E-state index in [0.29, 0.717) is 31.2 Å². The van der Waals surface area contributed by atoms with Gasteiger partial charge in [0, 0.05) is 25.5 Å². The lowest BCUT2D eigenvalue weighted by molar-refractivity contribution is -0.121. The van der Waals surface area contributed by atoms with Crippen molar-refractivity contribution in [1.29, 1.82) is 0 Å². The lowest BCUT2D eigenvalue weighted by Crippen LogP contribution is -2.44. The predicted molar refractivity (Wildman–Crippen MR) is 91.3 cm³/mol. The molecule has 0 aliphatic carbocycles. The molecule has 1 atom stereocenters. The first-order chi connectivity index (χ1) is 12.2. The van der Waals surface area contributed by atoms with E-state index in [0.717, 1.165) is 12.8 Å². The molecule has 0 radical (unpaired) electrons. The van der Waals surface area contributed by atoms with E-state index < -0.39 is 0 Å². The van der Waals surface area contributed by atoms with E-state index in [1.54, 1.807) is 47.2 Å². The Labute approximate surface area is 145 Å². The summed E-state index contributed by atoms with van der Waals surface area (Å²) < 4.78 is 6.66. The summed E-state index contributed by atoms with van der Waals surface area (Å²) in [6, 6.07) is 5.39. The first-order valence-electron chi connectivity index (χ1n) is 8.36. The number of carbonyl (C=O) groups is 2. The Balaban J connectivity index is 1.59. The monoisotopic (exact) mass is 343 g/mol. The Morgan fingerprint density at radius 3 is 2.96 bits per heavy atom. The molecule has 2 aromatic rings. The van der Waals surface area contributed by atoms with Gasteiger partial charge in [-0.25, -0.2) is 14.5 Å². The quantitative estimate of drug-likeness (QED) is 0.918. The summed E-state index contributed by atoms with van der Waals surface area (Å²) in [4.78, 5) is 30.2. The summed E-state index contributed by atoms with van der Waals surface area (Å²) in [6.45, 7) is 3.11. The molecule has 0 aromatic carbocycles. The largest absolute Gasteiger partial charge is 0.450 e. The van der Waals surface area contributed by atoms with Gasteiger partial charge in [0.1, 0.15) is 0 Å². The van der Waals surface area contributed by atoms with E-state index in [1.165, 1.54) is 0 Å². The first-order valence-corrected chi connectivity index (χ1v) is 8.36. The highest BCUT2D eigenvalue weighted by Crippen LogP contribution is 2.19. The van der Waals surface area contributed by atoms with Crippen LogP contribution in [0.5, 0.6) is 0 Å². The van der Waals surface area contributed by atoms with E-state index in [1.807, 2.05) is 6.07 Å². The van der Waals surface area contributed by atoms with Crippen molar-refractivity contribution in [2.45, 2.75) is 19.8 Å². The third-order valence-corrected chi connectivity index (χ3v) is 4.07. The van der Waals surface area contributed by atoms with Gasteiger partial charge in [0.15, 0.2) is 5.82 Å². The number of aromatic nitrogens is 3. The number of ether oxygens (including phenoxy) is 1. The molecule has 2 amide bonds. The third kappa shape index (κ3) is 4.14. The maximum absolute atomic E-state index is 12.5. The fourth-order valence-electron chi connectivity index (χ4n) is 2.82. The van der Waals surface area contributed by atoms with E-state index in [4.69, 9.17) is 4.74 Å². The number of nitrogens with zero attached hydrogens (tertiary/aromatic N) is 4. The number of hydrogen-bond acceptors (Lipinski definition) is 5. The topological polar surface area (TPSA) is 89.4 Å². The number of rotatable bonds is 4. The van der Waals surface area contributed by atoms with Crippen LogP contribution in [0.25, 0.3) is 5.82 Å². The highest BCUT2D eigenvalue weighted by Gasteiger charge is 2.29. The average molecular weight is 343 g/mol. The maximum Gasteiger partial charge on any atom is 0.409 e. The molecular formula is C17H21N5O3. The lowest BCUT2D eigenvalue weighted by Gasteiger charge is -2.31. The highest BCUT2D eigenvalue weighted by atomic mass is 16.6. The Hall–Kier alpha value is -2.90. The number of amides is 2. The van der Waals surface area contributed by atoms with Gasteiger partial charge < -0.3 is 15.0 Å². The highest BCUT2D eigenvalue weighted by molar-refractivity contribution is 5.92. The SMILES string of the molecule is CCOC(=O)N1CCCC(C(=O)Nc2ccc(-n3cccn3)nc2)C1. The molecule has 2 aromatic heterocycles. The normalized spacial score (nSPS) is 17.2. The van der Waals surface area contributed by atoms with Crippen molar-refractivity contribution in [2.75, 3.05) is 25.0 Å². The summed E-state index contributed by atoms with van der Waals surface area (Å²) in [5.74, 6) is 0.320. The number of hydrogen-bond donors (Lipinski definition) is 1. The van der Waals surface area contributed by atoms with Gasteiger partial charge in [-0.05, 0) is 38.0 Å². The van der Waals surface area contributed by atoms with Crippen LogP contribution in [0.4, 0.5) is 10.5 Å². The van der Waals surface area contributed by atoms with Crippen molar-refractivity contribution < 1.29 is 14.3 Å². The minimum absolute atomic E-state index is 0.109. The fourth-order valence-corrected chi connectivity index (χ4v) is 2.82. The van der Waals surface area contributed by atoms with Crippen LogP contribution >= 0.6 is 0 Å². The van der Waals surface area contributed by atoms with Crippen molar-refractivity contribution in [2.24, 2.45) is 5.92 Å². The molecule has 0 bridgehead atoms. The molecule has 1 fully saturated rings. The van der Waals surface area contributed by atoms with Gasteiger partial charge in [-0.1, -0.05) is 0 Å². The van der Waals surface area contributed by atoms with Gasteiger partial charge in [0.05, 0.1) is 24.4 Å². The Morgan fingerprint density at radius 2 is 2.28 bits per heavy atom. The van der Waals surface area contributed by atoms with Crippen LogP contribution in [0, 0.1) is 5.92 Å². The fraction of sp³-hybridized carbons (Fsp3) is 0.412. The number of nitrogens with one attached hydrogen (secondary N) is 1. The first kappa shape index (κ1) is 16.9. The maximum atomic E-state index is 12.5. The molecule has 0 spiro atoms. The summed E-state index contributed by atoms with van der Waals surface area (Å²) in [5, 5.41) is 6.97. The Morgan fingerprint density at radius 1 is 1.40 bits per heavy atom. The number of likely N-dealkylation sites (tertiary alicyclic amines) is 1. The van der Waals surface area contributed by atoms with Gasteiger partial charge in [-0.15, -0.1) is 0 Å². The zero-order chi connectivity index (χ0) is 17.6. The second-order valence-electron chi connectivity index (χ2n) is 5.83. The third-order valence-electron chi connectivity index (χ3n) is 4.07. The number of pyridine rings is 1. The van der Waals surface area contributed by atoms with Crippen LogP contribution in [-0.2, 0) is 9.53 Å². The minimum Gasteiger partial charge on any atom is -0.450 e. The number of piperidine rings is 1. The van der Waals surface area contributed by atoms with Crippen molar-refractivity contribution in [1.82, 2.24) is 19.7 Å². The van der Waals surface area contributed by atoms with Crippen molar-refractivity contribution >= 4 is 17.7 Å². The molecule has 8 heteroatoms. The Bertz CT molecular complexity index is 714. The van der Waals surface area contributed by atoms with E-state index in [9.17, 15) is 9.59 Å². The molecule has 0 saturated carbocycles. The second kappa shape index (κ2) is 7.78. The molecule has 25 heavy (non-hydrogen) atoms. The van der Waals surface area contributed by atoms with Crippen LogP contribution < -0.4 is 5.32 Å². The number of carbonyl (C=O) groups excluding carboxylic acids is 2. The number of anilines is 1. The average Bonchev–Trinajstić information content (AvgIpc) is 3.17. The summed E-state index contributed by atoms with van der Waals surface area (Å²) in [5.41, 5.74) is 0.620. The molecule has 1 aliphatic heterocycles. The molecule has 3 heterocycles. The minimum atomic E-state index is -0.356. The van der Waals surface area contributed by atoms with Gasteiger partial charge in [-0.3, -0.25) is 4.79 Å². The van der Waals surface area contributed by atoms with Gasteiger partial charge in [0.2, 0.25) is 5.91 Å². The molecule has 1 saturated heterocycles. The molecule has 8 nitrogen and oxygen atoms in total. The van der Waals surface area contributed by atoms with Gasteiger partial charge in [0.25, 0.3) is 0 Å². The predicted octanol–water partition coefficient (Wildman–Crippen LogP) is 2.07. The molecule has 132 valence electrons. The van der Waals surface area contributed by atoms with Crippen LogP contribution in [0.2, 0.25) is 0 Å².